The number of aromatic amines is 1. The first-order chi connectivity index (χ1) is 8.74. The number of H-pyrrole nitrogens is 1. The first-order valence-electron chi connectivity index (χ1n) is 5.70. The molecular weight excluding hydrogens is 229 g/mol. The summed E-state index contributed by atoms with van der Waals surface area (Å²) in [5.41, 5.74) is 8.70. The number of nitrogen functional groups attached to an aromatic ring is 1. The van der Waals surface area contributed by atoms with E-state index < -0.39 is 0 Å². The third-order valence-electron chi connectivity index (χ3n) is 2.91. The molecule has 1 heterocycles. The lowest BCUT2D eigenvalue weighted by Gasteiger charge is -1.99. The van der Waals surface area contributed by atoms with E-state index in [0.717, 1.165) is 11.0 Å². The molecule has 3 rings (SSSR count). The monoisotopic (exact) mass is 241 g/mol. The molecule has 2 aromatic carbocycles. The largest absolute Gasteiger partial charge is 0.397 e. The summed E-state index contributed by atoms with van der Waals surface area (Å²) in [5.74, 6) is 0.499. The third-order valence-corrected chi connectivity index (χ3v) is 2.91. The zero-order valence-corrected chi connectivity index (χ0v) is 9.65. The van der Waals surface area contributed by atoms with Gasteiger partial charge in [-0.25, -0.2) is 9.37 Å². The quantitative estimate of drug-likeness (QED) is 0.678. The molecule has 0 aliphatic carbocycles. The Morgan fingerprint density at radius 3 is 2.72 bits per heavy atom. The van der Waals surface area contributed by atoms with Crippen molar-refractivity contribution in [2.75, 3.05) is 5.73 Å². The van der Waals surface area contributed by atoms with Crippen LogP contribution in [0.1, 0.15) is 11.4 Å². The Balaban J connectivity index is 2.01. The molecule has 18 heavy (non-hydrogen) atoms. The van der Waals surface area contributed by atoms with Crippen LogP contribution < -0.4 is 5.73 Å². The Labute approximate surface area is 103 Å². The summed E-state index contributed by atoms with van der Waals surface area (Å²) in [4.78, 5) is 7.56. The molecule has 3 N–H and O–H groups in total. The van der Waals surface area contributed by atoms with Crippen LogP contribution in [-0.4, -0.2) is 9.97 Å². The van der Waals surface area contributed by atoms with Crippen molar-refractivity contribution >= 4 is 16.7 Å². The van der Waals surface area contributed by atoms with Crippen LogP contribution in [0.25, 0.3) is 11.0 Å². The van der Waals surface area contributed by atoms with E-state index in [1.807, 2.05) is 18.2 Å². The van der Waals surface area contributed by atoms with Gasteiger partial charge in [-0.15, -0.1) is 0 Å². The topological polar surface area (TPSA) is 54.7 Å². The molecule has 0 saturated carbocycles. The predicted octanol–water partition coefficient (Wildman–Crippen LogP) is 2.88. The molecule has 0 spiro atoms. The van der Waals surface area contributed by atoms with Gasteiger partial charge in [-0.05, 0) is 23.8 Å². The molecule has 0 aliphatic heterocycles. The van der Waals surface area contributed by atoms with Crippen LogP contribution >= 0.6 is 0 Å². The maximum atomic E-state index is 13.5. The van der Waals surface area contributed by atoms with Gasteiger partial charge < -0.3 is 10.7 Å². The number of nitrogens with zero attached hydrogens (tertiary/aromatic N) is 1. The molecule has 90 valence electrons. The second-order valence-corrected chi connectivity index (χ2v) is 4.20. The molecule has 0 saturated heterocycles. The molecule has 3 nitrogen and oxygen atoms in total. The number of rotatable bonds is 2. The van der Waals surface area contributed by atoms with Crippen molar-refractivity contribution in [1.29, 1.82) is 0 Å². The summed E-state index contributed by atoms with van der Waals surface area (Å²) in [6.07, 6.45) is 0.431. The number of aromatic nitrogens is 2. The van der Waals surface area contributed by atoms with Crippen molar-refractivity contribution in [3.8, 4) is 0 Å². The Morgan fingerprint density at radius 2 is 1.94 bits per heavy atom. The Morgan fingerprint density at radius 1 is 1.11 bits per heavy atom. The fraction of sp³-hybridized carbons (Fsp3) is 0.0714. The highest BCUT2D eigenvalue weighted by Crippen LogP contribution is 2.20. The van der Waals surface area contributed by atoms with Gasteiger partial charge in [-0.1, -0.05) is 24.3 Å². The van der Waals surface area contributed by atoms with E-state index in [0.29, 0.717) is 23.5 Å². The number of nitrogens with two attached hydrogens (primary N) is 1. The predicted molar refractivity (Wildman–Crippen MR) is 69.7 cm³/mol. The van der Waals surface area contributed by atoms with Gasteiger partial charge in [-0.3, -0.25) is 0 Å². The number of imidazole rings is 1. The fourth-order valence-electron chi connectivity index (χ4n) is 2.01. The minimum absolute atomic E-state index is 0.217. The second kappa shape index (κ2) is 4.14. The van der Waals surface area contributed by atoms with Crippen molar-refractivity contribution in [2.24, 2.45) is 0 Å². The summed E-state index contributed by atoms with van der Waals surface area (Å²) < 4.78 is 13.5. The molecule has 0 fully saturated rings. The van der Waals surface area contributed by atoms with Crippen LogP contribution in [0.15, 0.2) is 42.5 Å². The summed E-state index contributed by atoms with van der Waals surface area (Å²) in [6, 6.07) is 12.3. The summed E-state index contributed by atoms with van der Waals surface area (Å²) in [7, 11) is 0. The van der Waals surface area contributed by atoms with Crippen LogP contribution in [0, 0.1) is 5.82 Å². The van der Waals surface area contributed by atoms with Gasteiger partial charge in [0.2, 0.25) is 0 Å². The first kappa shape index (κ1) is 10.8. The van der Waals surface area contributed by atoms with Gasteiger partial charge >= 0.3 is 0 Å². The zero-order chi connectivity index (χ0) is 12.5. The minimum atomic E-state index is -0.217. The van der Waals surface area contributed by atoms with Crippen LogP contribution in [0.5, 0.6) is 0 Å². The molecule has 4 heteroatoms. The summed E-state index contributed by atoms with van der Waals surface area (Å²) >= 11 is 0. The fourth-order valence-corrected chi connectivity index (χ4v) is 2.01. The zero-order valence-electron chi connectivity index (χ0n) is 9.65. The standard InChI is InChI=1S/C14H12FN3/c15-10-5-2-1-4-9(10)8-13-17-12-7-3-6-11(16)14(12)18-13/h1-7H,8,16H2,(H,17,18). The second-order valence-electron chi connectivity index (χ2n) is 4.20. The van der Waals surface area contributed by atoms with E-state index >= 15 is 0 Å². The van der Waals surface area contributed by atoms with E-state index in [4.69, 9.17) is 5.73 Å². The molecular formula is C14H12FN3. The third kappa shape index (κ3) is 1.82. The first-order valence-corrected chi connectivity index (χ1v) is 5.70. The van der Waals surface area contributed by atoms with Gasteiger partial charge in [0.15, 0.2) is 0 Å². The smallest absolute Gasteiger partial charge is 0.126 e. The molecule has 1 aromatic heterocycles. The highest BCUT2D eigenvalue weighted by molar-refractivity contribution is 5.86. The van der Waals surface area contributed by atoms with Crippen molar-refractivity contribution in [2.45, 2.75) is 6.42 Å². The number of anilines is 1. The lowest BCUT2D eigenvalue weighted by atomic mass is 10.1. The van der Waals surface area contributed by atoms with E-state index in [-0.39, 0.29) is 5.82 Å². The number of hydrogen-bond donors (Lipinski definition) is 2. The van der Waals surface area contributed by atoms with Gasteiger partial charge in [-0.2, -0.15) is 0 Å². The Bertz CT molecular complexity index is 703. The maximum absolute atomic E-state index is 13.5. The van der Waals surface area contributed by atoms with Crippen molar-refractivity contribution in [1.82, 2.24) is 9.97 Å². The molecule has 0 atom stereocenters. The lowest BCUT2D eigenvalue weighted by molar-refractivity contribution is 0.612. The number of para-hydroxylation sites is 1. The van der Waals surface area contributed by atoms with Crippen LogP contribution in [0.2, 0.25) is 0 Å². The van der Waals surface area contributed by atoms with E-state index in [9.17, 15) is 4.39 Å². The molecule has 0 aliphatic rings. The molecule has 0 unspecified atom stereocenters. The lowest BCUT2D eigenvalue weighted by Crippen LogP contribution is -1.94. The van der Waals surface area contributed by atoms with Gasteiger partial charge in [0.25, 0.3) is 0 Å². The van der Waals surface area contributed by atoms with Crippen LogP contribution in [0.3, 0.4) is 0 Å². The molecule has 0 radical (unpaired) electrons. The van der Waals surface area contributed by atoms with Gasteiger partial charge in [0.1, 0.15) is 17.2 Å². The number of benzene rings is 2. The van der Waals surface area contributed by atoms with Crippen LogP contribution in [-0.2, 0) is 6.42 Å². The minimum Gasteiger partial charge on any atom is -0.397 e. The Hall–Kier alpha value is -2.36. The van der Waals surface area contributed by atoms with E-state index in [2.05, 4.69) is 9.97 Å². The maximum Gasteiger partial charge on any atom is 0.126 e. The number of hydrogen-bond acceptors (Lipinski definition) is 2. The number of fused-ring (bicyclic) bond motifs is 1. The molecule has 3 aromatic rings. The molecule has 0 amide bonds. The Kier molecular flexibility index (Phi) is 2.48. The normalized spacial score (nSPS) is 10.9. The highest BCUT2D eigenvalue weighted by Gasteiger charge is 2.08. The average Bonchev–Trinajstić information content (AvgIpc) is 2.76. The van der Waals surface area contributed by atoms with E-state index in [1.165, 1.54) is 6.07 Å². The van der Waals surface area contributed by atoms with Gasteiger partial charge in [0.05, 0.1) is 11.2 Å². The van der Waals surface area contributed by atoms with E-state index in [1.54, 1.807) is 18.2 Å². The summed E-state index contributed by atoms with van der Waals surface area (Å²) in [6.45, 7) is 0. The highest BCUT2D eigenvalue weighted by atomic mass is 19.1. The SMILES string of the molecule is Nc1cccc2[nH]c(Cc3ccccc3F)nc12. The van der Waals surface area contributed by atoms with Crippen LogP contribution in [0.4, 0.5) is 10.1 Å². The average molecular weight is 241 g/mol. The number of nitrogens with one attached hydrogen (secondary N) is 1. The number of halogens is 1. The van der Waals surface area contributed by atoms with Crippen molar-refractivity contribution < 1.29 is 4.39 Å². The van der Waals surface area contributed by atoms with Gasteiger partial charge in [0, 0.05) is 6.42 Å². The van der Waals surface area contributed by atoms with Crippen molar-refractivity contribution in [3.05, 3.63) is 59.7 Å². The molecule has 0 bridgehead atoms. The summed E-state index contributed by atoms with van der Waals surface area (Å²) in [5, 5.41) is 0. The van der Waals surface area contributed by atoms with Crippen molar-refractivity contribution in [3.63, 3.8) is 0 Å².